The highest BCUT2D eigenvalue weighted by Crippen LogP contribution is 2.34. The molecule has 336 valence electrons. The second-order valence-corrected chi connectivity index (χ2v) is 16.5. The Bertz CT molecular complexity index is 1840. The third-order valence-electron chi connectivity index (χ3n) is 9.76. The van der Waals surface area contributed by atoms with Crippen molar-refractivity contribution in [3.8, 4) is 0 Å². The van der Waals surface area contributed by atoms with Gasteiger partial charge in [0.1, 0.15) is 0 Å². The Morgan fingerprint density at radius 3 is 1.40 bits per heavy atom. The molecule has 1 fully saturated rings. The number of hydrogen-bond donors (Lipinski definition) is 2. The molecular weight excluding hydrogens is 823 g/mol. The van der Waals surface area contributed by atoms with E-state index in [4.69, 9.17) is 14.2 Å². The average molecular weight is 878 g/mol. The van der Waals surface area contributed by atoms with Gasteiger partial charge in [0.25, 0.3) is 5.91 Å². The zero-order valence-corrected chi connectivity index (χ0v) is 35.8. The fourth-order valence-corrected chi connectivity index (χ4v) is 9.13. The molecule has 0 aromatic heterocycles. The van der Waals surface area contributed by atoms with Gasteiger partial charge in [0.05, 0.1) is 63.6 Å². The molecule has 0 unspecified atom stereocenters. The van der Waals surface area contributed by atoms with Crippen LogP contribution in [0.2, 0.25) is 0 Å². The Hall–Kier alpha value is -5.33. The van der Waals surface area contributed by atoms with Gasteiger partial charge in [-0.25, -0.2) is 4.79 Å². The fourth-order valence-electron chi connectivity index (χ4n) is 6.66. The first-order valence-electron chi connectivity index (χ1n) is 20.3. The van der Waals surface area contributed by atoms with Crippen molar-refractivity contribution in [3.63, 3.8) is 0 Å². The number of carbonyl (C=O) groups is 6. The molecule has 19 heteroatoms. The lowest BCUT2D eigenvalue weighted by atomic mass is 10.1. The maximum Gasteiger partial charge on any atom is 0.338 e. The molecule has 2 N–H and O–H groups in total. The van der Waals surface area contributed by atoms with Crippen molar-refractivity contribution in [3.05, 3.63) is 90.0 Å². The third-order valence-corrected chi connectivity index (χ3v) is 12.2. The quantitative estimate of drug-likeness (QED) is 0.0551. The number of carboxylic acids is 3. The highest BCUT2D eigenvalue weighted by Gasteiger charge is 2.25. The summed E-state index contributed by atoms with van der Waals surface area (Å²) in [6, 6.07) is 24.6. The number of rotatable bonds is 22. The lowest BCUT2D eigenvalue weighted by Gasteiger charge is -2.34. The highest BCUT2D eigenvalue weighted by atomic mass is 31.1. The number of amides is 2. The molecule has 3 aromatic rings. The third kappa shape index (κ3) is 17.6. The van der Waals surface area contributed by atoms with Crippen LogP contribution in [-0.2, 0) is 33.4 Å². The minimum absolute atomic E-state index is 0.0394. The van der Waals surface area contributed by atoms with E-state index in [1.807, 2.05) is 60.7 Å². The van der Waals surface area contributed by atoms with Crippen LogP contribution in [0.5, 0.6) is 0 Å². The Balaban J connectivity index is 1.20. The maximum atomic E-state index is 13.3. The summed E-state index contributed by atoms with van der Waals surface area (Å²) in [6.45, 7) is 1.97. The van der Waals surface area contributed by atoms with E-state index >= 15 is 0 Å². The molecular formula is C43H54N6O12P-3. The lowest BCUT2D eigenvalue weighted by Crippen LogP contribution is -2.52. The number of nitrogens with one attached hydrogen (secondary N) is 2. The SMILES string of the molecule is COC(=O)c1ccc(C(=O)NCCOCCOCCNC(=O)CN2CCN(CC(=O)[O-])CCN(CC(=O)[O-])CCN(CC(=O)[O-])CC2)cc1P(c1ccccc1)c1ccccc1. The molecule has 62 heavy (non-hydrogen) atoms. The topological polar surface area (TPSA) is 236 Å². The van der Waals surface area contributed by atoms with Gasteiger partial charge in [0, 0.05) is 95.9 Å². The van der Waals surface area contributed by atoms with E-state index in [9.17, 15) is 44.1 Å². The number of methoxy groups -OCH3 is 1. The van der Waals surface area contributed by atoms with Crippen LogP contribution in [0.4, 0.5) is 0 Å². The molecule has 0 aliphatic carbocycles. The minimum Gasteiger partial charge on any atom is -0.549 e. The number of carbonyl (C=O) groups excluding carboxylic acids is 6. The van der Waals surface area contributed by atoms with Gasteiger partial charge in [0.2, 0.25) is 5.91 Å². The molecule has 1 aliphatic heterocycles. The zero-order chi connectivity index (χ0) is 44.7. The molecule has 0 bridgehead atoms. The second-order valence-electron chi connectivity index (χ2n) is 14.3. The first-order chi connectivity index (χ1) is 29.9. The van der Waals surface area contributed by atoms with Crippen molar-refractivity contribution >= 4 is 59.5 Å². The number of nitrogens with zero attached hydrogens (tertiary/aromatic N) is 4. The number of aliphatic carboxylic acids is 3. The van der Waals surface area contributed by atoms with E-state index < -0.39 is 38.3 Å². The number of esters is 1. The van der Waals surface area contributed by atoms with Crippen LogP contribution in [0, 0.1) is 0 Å². The summed E-state index contributed by atoms with van der Waals surface area (Å²) in [5, 5.41) is 42.5. The first kappa shape index (κ1) is 49.3. The zero-order valence-electron chi connectivity index (χ0n) is 34.9. The van der Waals surface area contributed by atoms with Crippen molar-refractivity contribution < 1.29 is 58.3 Å². The van der Waals surface area contributed by atoms with Crippen molar-refractivity contribution in [1.82, 2.24) is 30.2 Å². The summed E-state index contributed by atoms with van der Waals surface area (Å²) in [6.07, 6.45) is 0. The van der Waals surface area contributed by atoms with E-state index in [1.54, 1.807) is 37.8 Å². The molecule has 1 aliphatic rings. The van der Waals surface area contributed by atoms with Gasteiger partial charge >= 0.3 is 5.97 Å². The molecule has 2 amide bonds. The summed E-state index contributed by atoms with van der Waals surface area (Å²) in [5.74, 6) is -5.02. The van der Waals surface area contributed by atoms with Crippen LogP contribution < -0.4 is 41.9 Å². The molecule has 0 radical (unpaired) electrons. The Labute approximate surface area is 362 Å². The molecule has 0 saturated carbocycles. The van der Waals surface area contributed by atoms with E-state index in [0.29, 0.717) is 16.4 Å². The summed E-state index contributed by atoms with van der Waals surface area (Å²) in [5.41, 5.74) is 0.775. The van der Waals surface area contributed by atoms with E-state index in [-0.39, 0.29) is 123 Å². The lowest BCUT2D eigenvalue weighted by molar-refractivity contribution is -0.308. The van der Waals surface area contributed by atoms with Gasteiger partial charge in [-0.3, -0.25) is 29.2 Å². The molecule has 18 nitrogen and oxygen atoms in total. The molecule has 1 heterocycles. The highest BCUT2D eigenvalue weighted by molar-refractivity contribution is 7.80. The van der Waals surface area contributed by atoms with E-state index in [1.165, 1.54) is 7.11 Å². The predicted octanol–water partition coefficient (Wildman–Crippen LogP) is -4.42. The number of hydrogen-bond acceptors (Lipinski definition) is 16. The minimum atomic E-state index is -1.31. The molecule has 0 atom stereocenters. The van der Waals surface area contributed by atoms with Gasteiger partial charge in [-0.15, -0.1) is 0 Å². The second kappa shape index (κ2) is 26.9. The van der Waals surface area contributed by atoms with Crippen molar-refractivity contribution in [1.29, 1.82) is 0 Å². The normalized spacial score (nSPS) is 14.9. The van der Waals surface area contributed by atoms with Crippen LogP contribution in [0.3, 0.4) is 0 Å². The van der Waals surface area contributed by atoms with E-state index in [2.05, 4.69) is 10.6 Å². The van der Waals surface area contributed by atoms with Crippen LogP contribution in [0.1, 0.15) is 20.7 Å². The summed E-state index contributed by atoms with van der Waals surface area (Å²) < 4.78 is 16.3. The molecule has 0 spiro atoms. The number of ether oxygens (including phenoxy) is 3. The maximum absolute atomic E-state index is 13.3. The predicted molar refractivity (Wildman–Crippen MR) is 224 cm³/mol. The van der Waals surface area contributed by atoms with Crippen LogP contribution in [0.25, 0.3) is 0 Å². The van der Waals surface area contributed by atoms with Crippen molar-refractivity contribution in [2.24, 2.45) is 0 Å². The monoisotopic (exact) mass is 877 g/mol. The Kier molecular flexibility index (Phi) is 21.4. The standard InChI is InChI=1S/C43H57N6O12P/c1-59-43(58)36-13-12-33(28-37(36)62(34-8-4-2-5-9-34)35-10-6-3-7-11-35)42(57)45-15-25-61-27-26-60-24-14-44-38(50)29-46-16-18-47(30-39(51)52)20-22-49(32-41(55)56)23-21-48(19-17-46)31-40(53)54/h2-13,28H,14-27,29-32H2,1H3,(H,44,50)(H,45,57)(H,51,52)(H,53,54)(H,55,56)/p-3. The van der Waals surface area contributed by atoms with Crippen LogP contribution in [0.15, 0.2) is 78.9 Å². The van der Waals surface area contributed by atoms with Crippen molar-refractivity contribution in [2.75, 3.05) is 125 Å². The fraction of sp³-hybridized carbons (Fsp3) is 0.442. The Morgan fingerprint density at radius 2 is 0.984 bits per heavy atom. The van der Waals surface area contributed by atoms with E-state index in [0.717, 1.165) is 10.6 Å². The van der Waals surface area contributed by atoms with Gasteiger partial charge in [0.15, 0.2) is 0 Å². The Morgan fingerprint density at radius 1 is 0.565 bits per heavy atom. The first-order valence-corrected chi connectivity index (χ1v) is 21.6. The summed E-state index contributed by atoms with van der Waals surface area (Å²) in [7, 11) is 0.131. The van der Waals surface area contributed by atoms with Gasteiger partial charge in [-0.05, 0) is 36.7 Å². The molecule has 3 aromatic carbocycles. The number of benzene rings is 3. The van der Waals surface area contributed by atoms with Gasteiger partial charge < -0.3 is 54.5 Å². The van der Waals surface area contributed by atoms with Crippen molar-refractivity contribution in [2.45, 2.75) is 0 Å². The van der Waals surface area contributed by atoms with Crippen LogP contribution >= 0.6 is 7.92 Å². The summed E-state index contributed by atoms with van der Waals surface area (Å²) >= 11 is 0. The van der Waals surface area contributed by atoms with Crippen LogP contribution in [-0.4, -0.2) is 180 Å². The largest absolute Gasteiger partial charge is 0.549 e. The number of carboxylic acid groups (broad SMARTS) is 3. The average Bonchev–Trinajstić information content (AvgIpc) is 3.25. The van der Waals surface area contributed by atoms with Gasteiger partial charge in [-0.2, -0.15) is 0 Å². The summed E-state index contributed by atoms with van der Waals surface area (Å²) in [4.78, 5) is 79.6. The molecule has 1 saturated heterocycles. The smallest absolute Gasteiger partial charge is 0.338 e. The van der Waals surface area contributed by atoms with Gasteiger partial charge in [-0.1, -0.05) is 60.7 Å². The molecule has 4 rings (SSSR count).